The fourth-order valence-electron chi connectivity index (χ4n) is 2.79. The molecule has 1 atom stereocenters. The van der Waals surface area contributed by atoms with E-state index in [0.29, 0.717) is 18.4 Å². The number of ether oxygens (including phenoxy) is 2. The van der Waals surface area contributed by atoms with E-state index < -0.39 is 0 Å². The van der Waals surface area contributed by atoms with E-state index in [9.17, 15) is 0 Å². The minimum absolute atomic E-state index is 0.220. The molecule has 0 radical (unpaired) electrons. The van der Waals surface area contributed by atoms with Crippen LogP contribution in [0.1, 0.15) is 43.5 Å². The minimum Gasteiger partial charge on any atom is -0.480 e. The molecule has 5 nitrogen and oxygen atoms in total. The summed E-state index contributed by atoms with van der Waals surface area (Å²) in [5.41, 5.74) is 6.15. The molecule has 1 N–H and O–H groups in total. The Kier molecular flexibility index (Phi) is 6.37. The molecule has 0 aliphatic heterocycles. The molecule has 0 saturated carbocycles. The van der Waals surface area contributed by atoms with Gasteiger partial charge in [0.2, 0.25) is 5.88 Å². The monoisotopic (exact) mass is 343 g/mol. The SMILES string of the molecule is COCC(C)Nc1cnc(-c2ccc(C(C)C)nc2OC)c(C)c1C. The number of nitrogens with zero attached hydrogens (tertiary/aromatic N) is 2. The highest BCUT2D eigenvalue weighted by atomic mass is 16.5. The maximum Gasteiger partial charge on any atom is 0.222 e. The van der Waals surface area contributed by atoms with Crippen LogP contribution in [0.15, 0.2) is 18.3 Å². The predicted molar refractivity (Wildman–Crippen MR) is 103 cm³/mol. The maximum atomic E-state index is 5.53. The van der Waals surface area contributed by atoms with Crippen molar-refractivity contribution in [2.75, 3.05) is 26.1 Å². The van der Waals surface area contributed by atoms with Gasteiger partial charge in [-0.25, -0.2) is 4.98 Å². The van der Waals surface area contributed by atoms with E-state index >= 15 is 0 Å². The quantitative estimate of drug-likeness (QED) is 0.810. The van der Waals surface area contributed by atoms with E-state index in [1.165, 1.54) is 5.56 Å². The Bertz CT molecular complexity index is 729. The van der Waals surface area contributed by atoms with Crippen LogP contribution >= 0.6 is 0 Å². The van der Waals surface area contributed by atoms with Crippen LogP contribution in [-0.2, 0) is 4.74 Å². The first-order valence-electron chi connectivity index (χ1n) is 8.66. The van der Waals surface area contributed by atoms with Crippen molar-refractivity contribution in [3.8, 4) is 17.1 Å². The zero-order chi connectivity index (χ0) is 18.6. The van der Waals surface area contributed by atoms with Crippen LogP contribution in [0.25, 0.3) is 11.3 Å². The van der Waals surface area contributed by atoms with Crippen LogP contribution in [0.2, 0.25) is 0 Å². The van der Waals surface area contributed by atoms with Gasteiger partial charge in [0, 0.05) is 18.8 Å². The maximum absolute atomic E-state index is 5.53. The smallest absolute Gasteiger partial charge is 0.222 e. The molecule has 5 heteroatoms. The van der Waals surface area contributed by atoms with Gasteiger partial charge in [0.15, 0.2) is 0 Å². The molecule has 0 spiro atoms. The summed E-state index contributed by atoms with van der Waals surface area (Å²) in [5.74, 6) is 0.974. The highest BCUT2D eigenvalue weighted by Gasteiger charge is 2.16. The summed E-state index contributed by atoms with van der Waals surface area (Å²) in [7, 11) is 3.36. The lowest BCUT2D eigenvalue weighted by molar-refractivity contribution is 0.190. The third kappa shape index (κ3) is 4.28. The molecule has 2 aromatic heterocycles. The first-order valence-corrected chi connectivity index (χ1v) is 8.66. The number of anilines is 1. The molecule has 2 rings (SSSR count). The van der Waals surface area contributed by atoms with Gasteiger partial charge in [-0.2, -0.15) is 0 Å². The molecular weight excluding hydrogens is 314 g/mol. The largest absolute Gasteiger partial charge is 0.480 e. The van der Waals surface area contributed by atoms with E-state index in [1.54, 1.807) is 14.2 Å². The van der Waals surface area contributed by atoms with Crippen LogP contribution in [0.4, 0.5) is 5.69 Å². The molecule has 0 aliphatic carbocycles. The Hall–Kier alpha value is -2.14. The van der Waals surface area contributed by atoms with Crippen molar-refractivity contribution in [1.29, 1.82) is 0 Å². The minimum atomic E-state index is 0.220. The number of hydrogen-bond acceptors (Lipinski definition) is 5. The van der Waals surface area contributed by atoms with E-state index in [1.807, 2.05) is 12.3 Å². The van der Waals surface area contributed by atoms with Gasteiger partial charge in [0.1, 0.15) is 0 Å². The van der Waals surface area contributed by atoms with E-state index in [4.69, 9.17) is 9.47 Å². The zero-order valence-electron chi connectivity index (χ0n) is 16.3. The molecule has 2 heterocycles. The van der Waals surface area contributed by atoms with E-state index in [-0.39, 0.29) is 6.04 Å². The van der Waals surface area contributed by atoms with Crippen LogP contribution in [-0.4, -0.2) is 36.8 Å². The second kappa shape index (κ2) is 8.30. The second-order valence-corrected chi connectivity index (χ2v) is 6.72. The average Bonchev–Trinajstić information content (AvgIpc) is 2.59. The zero-order valence-corrected chi connectivity index (χ0v) is 16.3. The van der Waals surface area contributed by atoms with Crippen molar-refractivity contribution in [1.82, 2.24) is 9.97 Å². The summed E-state index contributed by atoms with van der Waals surface area (Å²) in [6.45, 7) is 11.2. The lowest BCUT2D eigenvalue weighted by Crippen LogP contribution is -2.21. The molecule has 2 aromatic rings. The average molecular weight is 343 g/mol. The Morgan fingerprint density at radius 3 is 2.40 bits per heavy atom. The molecule has 0 aromatic carbocycles. The highest BCUT2D eigenvalue weighted by Crippen LogP contribution is 2.33. The van der Waals surface area contributed by atoms with Gasteiger partial charge >= 0.3 is 0 Å². The third-order valence-corrected chi connectivity index (χ3v) is 4.38. The Morgan fingerprint density at radius 2 is 1.80 bits per heavy atom. The second-order valence-electron chi connectivity index (χ2n) is 6.72. The molecule has 0 aliphatic rings. The number of methoxy groups -OCH3 is 2. The Morgan fingerprint density at radius 1 is 1.08 bits per heavy atom. The van der Waals surface area contributed by atoms with Gasteiger partial charge in [-0.05, 0) is 49.9 Å². The lowest BCUT2D eigenvalue weighted by atomic mass is 10.0. The van der Waals surface area contributed by atoms with Crippen LogP contribution in [0.3, 0.4) is 0 Å². The topological polar surface area (TPSA) is 56.3 Å². The molecule has 0 bridgehead atoms. The molecule has 25 heavy (non-hydrogen) atoms. The number of pyridine rings is 2. The van der Waals surface area contributed by atoms with Crippen LogP contribution < -0.4 is 10.1 Å². The van der Waals surface area contributed by atoms with Gasteiger partial charge in [0.05, 0.1) is 36.9 Å². The van der Waals surface area contributed by atoms with Crippen LogP contribution in [0.5, 0.6) is 5.88 Å². The molecule has 0 amide bonds. The van der Waals surface area contributed by atoms with E-state index in [2.05, 4.69) is 56.0 Å². The van der Waals surface area contributed by atoms with Gasteiger partial charge in [0.25, 0.3) is 0 Å². The molecule has 1 unspecified atom stereocenters. The highest BCUT2D eigenvalue weighted by molar-refractivity contribution is 5.72. The number of rotatable bonds is 7. The van der Waals surface area contributed by atoms with Crippen molar-refractivity contribution in [3.63, 3.8) is 0 Å². The number of nitrogens with one attached hydrogen (secondary N) is 1. The molecule has 0 saturated heterocycles. The van der Waals surface area contributed by atoms with Crippen molar-refractivity contribution < 1.29 is 9.47 Å². The predicted octanol–water partition coefficient (Wildman–Crippen LogP) is 4.34. The fourth-order valence-corrected chi connectivity index (χ4v) is 2.79. The van der Waals surface area contributed by atoms with Gasteiger partial charge < -0.3 is 14.8 Å². The first-order chi connectivity index (χ1) is 11.9. The molecular formula is C20H29N3O2. The lowest BCUT2D eigenvalue weighted by Gasteiger charge is -2.19. The first kappa shape index (κ1) is 19.2. The molecule has 0 fully saturated rings. The van der Waals surface area contributed by atoms with Crippen molar-refractivity contribution in [2.24, 2.45) is 0 Å². The van der Waals surface area contributed by atoms with Gasteiger partial charge in [-0.3, -0.25) is 4.98 Å². The van der Waals surface area contributed by atoms with Gasteiger partial charge in [-0.15, -0.1) is 0 Å². The van der Waals surface area contributed by atoms with Crippen molar-refractivity contribution in [2.45, 2.75) is 46.6 Å². The summed E-state index contributed by atoms with van der Waals surface area (Å²) in [6, 6.07) is 4.32. The summed E-state index contributed by atoms with van der Waals surface area (Å²) in [6.07, 6.45) is 1.87. The van der Waals surface area contributed by atoms with Gasteiger partial charge in [-0.1, -0.05) is 13.8 Å². The Labute approximate surface area is 150 Å². The summed E-state index contributed by atoms with van der Waals surface area (Å²) in [5, 5.41) is 3.45. The van der Waals surface area contributed by atoms with E-state index in [0.717, 1.165) is 28.2 Å². The third-order valence-electron chi connectivity index (χ3n) is 4.38. The molecule has 136 valence electrons. The van der Waals surface area contributed by atoms with Crippen LogP contribution in [0, 0.1) is 13.8 Å². The summed E-state index contributed by atoms with van der Waals surface area (Å²) in [4.78, 5) is 9.32. The van der Waals surface area contributed by atoms with Crippen molar-refractivity contribution >= 4 is 5.69 Å². The number of aromatic nitrogens is 2. The normalized spacial score (nSPS) is 12.3. The Balaban J connectivity index is 2.42. The fraction of sp³-hybridized carbons (Fsp3) is 0.500. The van der Waals surface area contributed by atoms with Crippen molar-refractivity contribution in [3.05, 3.63) is 35.2 Å². The summed E-state index contributed by atoms with van der Waals surface area (Å²) >= 11 is 0. The standard InChI is InChI=1S/C20H29N3O2/c1-12(2)17-9-8-16(20(23-17)25-7)19-15(5)14(4)18(10-21-19)22-13(3)11-24-6/h8-10,12-13,22H,11H2,1-7H3. The summed E-state index contributed by atoms with van der Waals surface area (Å²) < 4.78 is 10.7. The number of hydrogen-bond donors (Lipinski definition) is 1.